The lowest BCUT2D eigenvalue weighted by Crippen LogP contribution is -2.24. The topological polar surface area (TPSA) is 79.8 Å². The maximum absolute atomic E-state index is 12.8. The van der Waals surface area contributed by atoms with Gasteiger partial charge in [0, 0.05) is 22.4 Å². The second kappa shape index (κ2) is 8.75. The van der Waals surface area contributed by atoms with E-state index in [1.807, 2.05) is 37.3 Å². The van der Waals surface area contributed by atoms with E-state index < -0.39 is 0 Å². The van der Waals surface area contributed by atoms with Gasteiger partial charge in [0.25, 0.3) is 5.56 Å². The lowest BCUT2D eigenvalue weighted by atomic mass is 10.3. The van der Waals surface area contributed by atoms with E-state index in [2.05, 4.69) is 38.1 Å². The summed E-state index contributed by atoms with van der Waals surface area (Å²) in [6.45, 7) is 4.57. The van der Waals surface area contributed by atoms with Gasteiger partial charge < -0.3 is 10.3 Å². The molecule has 27 heavy (non-hydrogen) atoms. The van der Waals surface area contributed by atoms with Crippen molar-refractivity contribution >= 4 is 50.3 Å². The maximum Gasteiger partial charge on any atom is 0.278 e. The van der Waals surface area contributed by atoms with Gasteiger partial charge in [-0.2, -0.15) is 0 Å². The van der Waals surface area contributed by atoms with Crippen LogP contribution in [0.2, 0.25) is 0 Å². The number of H-pyrrole nitrogens is 1. The van der Waals surface area contributed by atoms with Crippen LogP contribution in [0.5, 0.6) is 0 Å². The fourth-order valence-corrected chi connectivity index (χ4v) is 3.78. The Morgan fingerprint density at radius 3 is 2.78 bits per heavy atom. The smallest absolute Gasteiger partial charge is 0.278 e. The SMILES string of the molecule is CCCCn1c(SCC(=O)Nc2ccc(Br)cc2)nc2cc(C)[nH]c2c1=O. The highest BCUT2D eigenvalue weighted by Gasteiger charge is 2.14. The molecule has 3 rings (SSSR count). The number of aromatic nitrogens is 3. The van der Waals surface area contributed by atoms with Crippen molar-refractivity contribution in [3.8, 4) is 0 Å². The summed E-state index contributed by atoms with van der Waals surface area (Å²) in [5, 5.41) is 3.43. The van der Waals surface area contributed by atoms with Gasteiger partial charge in [0.15, 0.2) is 5.16 Å². The van der Waals surface area contributed by atoms with Gasteiger partial charge in [-0.3, -0.25) is 14.2 Å². The molecule has 0 atom stereocenters. The van der Waals surface area contributed by atoms with Crippen molar-refractivity contribution in [1.82, 2.24) is 14.5 Å². The Kier molecular flexibility index (Phi) is 6.38. The molecule has 1 aromatic carbocycles. The summed E-state index contributed by atoms with van der Waals surface area (Å²) in [5.41, 5.74) is 2.70. The number of hydrogen-bond acceptors (Lipinski definition) is 4. The molecule has 2 heterocycles. The molecule has 8 heteroatoms. The highest BCUT2D eigenvalue weighted by molar-refractivity contribution is 9.10. The van der Waals surface area contributed by atoms with Crippen LogP contribution in [0.4, 0.5) is 5.69 Å². The highest BCUT2D eigenvalue weighted by Crippen LogP contribution is 2.20. The zero-order chi connectivity index (χ0) is 19.4. The Balaban J connectivity index is 1.79. The molecule has 0 fully saturated rings. The fraction of sp³-hybridized carbons (Fsp3) is 0.316. The number of carbonyl (C=O) groups is 1. The summed E-state index contributed by atoms with van der Waals surface area (Å²) >= 11 is 4.65. The lowest BCUT2D eigenvalue weighted by molar-refractivity contribution is -0.113. The highest BCUT2D eigenvalue weighted by atomic mass is 79.9. The van der Waals surface area contributed by atoms with Crippen molar-refractivity contribution in [3.05, 3.63) is 50.9 Å². The minimum Gasteiger partial charge on any atom is -0.353 e. The number of halogens is 1. The predicted octanol–water partition coefficient (Wildman–Crippen LogP) is 4.33. The lowest BCUT2D eigenvalue weighted by Gasteiger charge is -2.11. The Morgan fingerprint density at radius 1 is 1.33 bits per heavy atom. The Labute approximate surface area is 169 Å². The molecule has 0 spiro atoms. The van der Waals surface area contributed by atoms with Crippen molar-refractivity contribution in [2.24, 2.45) is 0 Å². The van der Waals surface area contributed by atoms with Crippen LogP contribution in [0.3, 0.4) is 0 Å². The van der Waals surface area contributed by atoms with E-state index in [4.69, 9.17) is 0 Å². The molecule has 0 aliphatic rings. The average molecular weight is 449 g/mol. The minimum absolute atomic E-state index is 0.0858. The van der Waals surface area contributed by atoms with Crippen molar-refractivity contribution < 1.29 is 4.79 Å². The predicted molar refractivity (Wildman–Crippen MR) is 113 cm³/mol. The van der Waals surface area contributed by atoms with Crippen LogP contribution < -0.4 is 10.9 Å². The van der Waals surface area contributed by atoms with E-state index in [0.29, 0.717) is 22.7 Å². The van der Waals surface area contributed by atoms with E-state index in [9.17, 15) is 9.59 Å². The van der Waals surface area contributed by atoms with Crippen LogP contribution in [-0.2, 0) is 11.3 Å². The number of hydrogen-bond donors (Lipinski definition) is 2. The molecule has 3 aromatic rings. The first-order valence-corrected chi connectivity index (χ1v) is 10.5. The van der Waals surface area contributed by atoms with E-state index in [1.165, 1.54) is 11.8 Å². The zero-order valence-corrected chi connectivity index (χ0v) is 17.6. The summed E-state index contributed by atoms with van der Waals surface area (Å²) in [4.78, 5) is 32.8. The van der Waals surface area contributed by atoms with E-state index in [-0.39, 0.29) is 17.2 Å². The summed E-state index contributed by atoms with van der Waals surface area (Å²) in [7, 11) is 0. The molecule has 2 aromatic heterocycles. The van der Waals surface area contributed by atoms with Gasteiger partial charge in [-0.15, -0.1) is 0 Å². The summed E-state index contributed by atoms with van der Waals surface area (Å²) in [6, 6.07) is 9.25. The Bertz CT molecular complexity index is 1010. The van der Waals surface area contributed by atoms with Gasteiger partial charge >= 0.3 is 0 Å². The van der Waals surface area contributed by atoms with E-state index in [1.54, 1.807) is 4.57 Å². The molecule has 142 valence electrons. The number of nitrogens with zero attached hydrogens (tertiary/aromatic N) is 2. The first-order valence-electron chi connectivity index (χ1n) is 8.76. The van der Waals surface area contributed by atoms with Crippen LogP contribution >= 0.6 is 27.7 Å². The van der Waals surface area contributed by atoms with Crippen molar-refractivity contribution in [2.75, 3.05) is 11.1 Å². The third-order valence-electron chi connectivity index (χ3n) is 4.03. The Morgan fingerprint density at radius 2 is 2.07 bits per heavy atom. The van der Waals surface area contributed by atoms with E-state index >= 15 is 0 Å². The molecule has 0 aliphatic heterocycles. The number of unbranched alkanes of at least 4 members (excludes halogenated alkanes) is 1. The number of rotatable bonds is 7. The number of aromatic amines is 1. The molecule has 6 nitrogen and oxygen atoms in total. The number of anilines is 1. The summed E-state index contributed by atoms with van der Waals surface area (Å²) in [5.74, 6) is 0.0488. The normalized spacial score (nSPS) is 11.1. The molecule has 1 amide bonds. The van der Waals surface area contributed by atoms with Gasteiger partial charge in [0.2, 0.25) is 5.91 Å². The number of carbonyl (C=O) groups excluding carboxylic acids is 1. The van der Waals surface area contributed by atoms with Crippen LogP contribution in [0.15, 0.2) is 44.8 Å². The van der Waals surface area contributed by atoms with E-state index in [0.717, 1.165) is 28.7 Å². The molecule has 0 saturated heterocycles. The third kappa shape index (κ3) is 4.81. The zero-order valence-electron chi connectivity index (χ0n) is 15.2. The summed E-state index contributed by atoms with van der Waals surface area (Å²) in [6.07, 6.45) is 1.85. The fourth-order valence-electron chi connectivity index (χ4n) is 2.69. The molecular weight excluding hydrogens is 428 g/mol. The molecule has 0 aliphatic carbocycles. The monoisotopic (exact) mass is 448 g/mol. The van der Waals surface area contributed by atoms with Gasteiger partial charge in [0.1, 0.15) is 5.52 Å². The molecule has 0 bridgehead atoms. The molecule has 0 radical (unpaired) electrons. The van der Waals surface area contributed by atoms with Crippen molar-refractivity contribution in [3.63, 3.8) is 0 Å². The van der Waals surface area contributed by atoms with Crippen molar-refractivity contribution in [2.45, 2.75) is 38.4 Å². The number of fused-ring (bicyclic) bond motifs is 1. The van der Waals surface area contributed by atoms with Gasteiger partial charge in [-0.25, -0.2) is 4.98 Å². The molecular formula is C19H21BrN4O2S. The number of benzene rings is 1. The molecule has 0 unspecified atom stereocenters. The second-order valence-electron chi connectivity index (χ2n) is 6.26. The quantitative estimate of drug-likeness (QED) is 0.416. The number of thioether (sulfide) groups is 1. The minimum atomic E-state index is -0.135. The largest absolute Gasteiger partial charge is 0.353 e. The van der Waals surface area contributed by atoms with Crippen LogP contribution in [-0.4, -0.2) is 26.2 Å². The van der Waals surface area contributed by atoms with Crippen molar-refractivity contribution in [1.29, 1.82) is 0 Å². The third-order valence-corrected chi connectivity index (χ3v) is 5.54. The number of amides is 1. The maximum atomic E-state index is 12.8. The molecule has 0 saturated carbocycles. The summed E-state index contributed by atoms with van der Waals surface area (Å²) < 4.78 is 2.62. The van der Waals surface area contributed by atoms with Gasteiger partial charge in [0.05, 0.1) is 11.3 Å². The standard InChI is InChI=1S/C19H21BrN4O2S/c1-3-4-9-24-18(26)17-15(10-12(2)21-17)23-19(24)27-11-16(25)22-14-7-5-13(20)6-8-14/h5-8,10,21H,3-4,9,11H2,1-2H3,(H,22,25). The average Bonchev–Trinajstić information content (AvgIpc) is 3.02. The number of nitrogens with one attached hydrogen (secondary N) is 2. The molecule has 2 N–H and O–H groups in total. The van der Waals surface area contributed by atoms with Gasteiger partial charge in [-0.05, 0) is 43.7 Å². The van der Waals surface area contributed by atoms with Crippen LogP contribution in [0.25, 0.3) is 11.0 Å². The Hall–Kier alpha value is -2.06. The first kappa shape index (κ1) is 19.7. The first-order chi connectivity index (χ1) is 13.0. The number of aryl methyl sites for hydroxylation is 1. The van der Waals surface area contributed by atoms with Crippen LogP contribution in [0, 0.1) is 6.92 Å². The van der Waals surface area contributed by atoms with Gasteiger partial charge in [-0.1, -0.05) is 41.0 Å². The second-order valence-corrected chi connectivity index (χ2v) is 8.12. The van der Waals surface area contributed by atoms with Crippen LogP contribution in [0.1, 0.15) is 25.5 Å².